The Balaban J connectivity index is 1.48. The highest BCUT2D eigenvalue weighted by molar-refractivity contribution is 8.04. The third kappa shape index (κ3) is 3.97. The Kier molecular flexibility index (Phi) is 5.22. The normalized spacial score (nSPS) is 14.0. The molecule has 0 radical (unpaired) electrons. The van der Waals surface area contributed by atoms with Gasteiger partial charge in [0, 0.05) is 17.6 Å². The lowest BCUT2D eigenvalue weighted by Gasteiger charge is -2.08. The van der Waals surface area contributed by atoms with E-state index in [2.05, 4.69) is 26.7 Å². The number of nitriles is 1. The molecule has 1 aliphatic rings. The molecule has 0 amide bonds. The predicted molar refractivity (Wildman–Crippen MR) is 109 cm³/mol. The first-order valence-electron chi connectivity index (χ1n) is 8.73. The highest BCUT2D eigenvalue weighted by Gasteiger charge is 2.20. The van der Waals surface area contributed by atoms with Gasteiger partial charge in [-0.3, -0.25) is 0 Å². The Bertz CT molecular complexity index is 1050. The van der Waals surface area contributed by atoms with Crippen LogP contribution in [0.15, 0.2) is 70.7 Å². The van der Waals surface area contributed by atoms with Crippen LogP contribution in [0, 0.1) is 17.1 Å². The molecule has 4 rings (SSSR count). The molecule has 0 saturated heterocycles. The van der Waals surface area contributed by atoms with E-state index in [9.17, 15) is 9.65 Å². The van der Waals surface area contributed by atoms with E-state index in [1.165, 1.54) is 23.9 Å². The summed E-state index contributed by atoms with van der Waals surface area (Å²) in [7, 11) is 0. The molecule has 1 aromatic heterocycles. The fourth-order valence-corrected chi connectivity index (χ4v) is 3.82. The zero-order valence-corrected chi connectivity index (χ0v) is 15.6. The zero-order chi connectivity index (χ0) is 19.3. The molecule has 0 saturated carbocycles. The fourth-order valence-electron chi connectivity index (χ4n) is 2.81. The van der Waals surface area contributed by atoms with E-state index < -0.39 is 0 Å². The summed E-state index contributed by atoms with van der Waals surface area (Å²) in [6.45, 7) is 0.603. The predicted octanol–water partition coefficient (Wildman–Crippen LogP) is 4.68. The summed E-state index contributed by atoms with van der Waals surface area (Å²) in [5.41, 5.74) is 3.05. The number of aromatic nitrogens is 2. The molecule has 0 atom stereocenters. The van der Waals surface area contributed by atoms with Crippen LogP contribution in [-0.4, -0.2) is 16.5 Å². The van der Waals surface area contributed by atoms with Crippen molar-refractivity contribution in [1.29, 1.82) is 5.26 Å². The number of halogens is 1. The summed E-state index contributed by atoms with van der Waals surface area (Å²) in [6.07, 6.45) is 2.35. The van der Waals surface area contributed by atoms with Crippen molar-refractivity contribution in [3.8, 4) is 6.07 Å². The summed E-state index contributed by atoms with van der Waals surface area (Å²) in [5, 5.41) is 16.9. The number of benzene rings is 2. The SMILES string of the molecule is N#C/C(=C1/Nc2ccccc2S1)c1ccnc(NCCc2ccc(F)cc2)n1. The van der Waals surface area contributed by atoms with Crippen LogP contribution in [0.25, 0.3) is 5.57 Å². The first-order chi connectivity index (χ1) is 13.7. The Morgan fingerprint density at radius 2 is 1.96 bits per heavy atom. The van der Waals surface area contributed by atoms with Gasteiger partial charge in [0.15, 0.2) is 0 Å². The summed E-state index contributed by atoms with van der Waals surface area (Å²) < 4.78 is 13.0. The van der Waals surface area contributed by atoms with Gasteiger partial charge in [0.05, 0.1) is 16.4 Å². The molecule has 28 heavy (non-hydrogen) atoms. The van der Waals surface area contributed by atoms with E-state index in [1.54, 1.807) is 24.4 Å². The largest absolute Gasteiger partial charge is 0.354 e. The molecule has 5 nitrogen and oxygen atoms in total. The van der Waals surface area contributed by atoms with Crippen LogP contribution in [0.3, 0.4) is 0 Å². The second-order valence-corrected chi connectivity index (χ2v) is 7.16. The van der Waals surface area contributed by atoms with Gasteiger partial charge >= 0.3 is 0 Å². The van der Waals surface area contributed by atoms with E-state index in [0.717, 1.165) is 21.2 Å². The monoisotopic (exact) mass is 389 g/mol. The van der Waals surface area contributed by atoms with E-state index in [0.29, 0.717) is 30.2 Å². The molecule has 2 heterocycles. The van der Waals surface area contributed by atoms with Gasteiger partial charge in [-0.2, -0.15) is 5.26 Å². The van der Waals surface area contributed by atoms with Gasteiger partial charge in [-0.15, -0.1) is 0 Å². The van der Waals surface area contributed by atoms with Gasteiger partial charge in [-0.05, 0) is 42.3 Å². The molecule has 0 unspecified atom stereocenters. The Labute approximate surface area is 166 Å². The van der Waals surface area contributed by atoms with Gasteiger partial charge in [0.25, 0.3) is 0 Å². The standard InChI is InChI=1S/C21H16FN5S/c22-15-7-5-14(6-8-15)9-11-24-21-25-12-10-17(27-21)16(13-23)20-26-18-3-1-2-4-19(18)28-20/h1-8,10,12,26H,9,11H2,(H,24,25,27)/b20-16+. The number of thioether (sulfide) groups is 1. The average Bonchev–Trinajstić information content (AvgIpc) is 3.14. The zero-order valence-electron chi connectivity index (χ0n) is 14.8. The topological polar surface area (TPSA) is 73.6 Å². The second kappa shape index (κ2) is 8.11. The number of nitrogens with one attached hydrogen (secondary N) is 2. The minimum atomic E-state index is -0.245. The molecule has 7 heteroatoms. The third-order valence-electron chi connectivity index (χ3n) is 4.21. The highest BCUT2D eigenvalue weighted by atomic mass is 32.2. The van der Waals surface area contributed by atoms with Crippen molar-refractivity contribution < 1.29 is 4.39 Å². The maximum Gasteiger partial charge on any atom is 0.223 e. The van der Waals surface area contributed by atoms with Gasteiger partial charge in [0.2, 0.25) is 5.95 Å². The van der Waals surface area contributed by atoms with Gasteiger partial charge in [0.1, 0.15) is 17.5 Å². The van der Waals surface area contributed by atoms with Crippen LogP contribution in [-0.2, 0) is 6.42 Å². The number of para-hydroxylation sites is 1. The minimum absolute atomic E-state index is 0.245. The number of anilines is 2. The Morgan fingerprint density at radius 3 is 2.75 bits per heavy atom. The number of allylic oxidation sites excluding steroid dienone is 1. The molecule has 2 aromatic carbocycles. The van der Waals surface area contributed by atoms with Crippen LogP contribution in [0.1, 0.15) is 11.3 Å². The van der Waals surface area contributed by atoms with Crippen LogP contribution in [0.4, 0.5) is 16.0 Å². The average molecular weight is 389 g/mol. The van der Waals surface area contributed by atoms with Gasteiger partial charge in [-0.1, -0.05) is 36.0 Å². The fraction of sp³-hybridized carbons (Fsp3) is 0.0952. The highest BCUT2D eigenvalue weighted by Crippen LogP contribution is 2.43. The number of nitrogens with zero attached hydrogens (tertiary/aromatic N) is 3. The summed E-state index contributed by atoms with van der Waals surface area (Å²) >= 11 is 1.52. The molecular formula is C21H16FN5S. The van der Waals surface area contributed by atoms with Crippen molar-refractivity contribution in [1.82, 2.24) is 9.97 Å². The Hall–Kier alpha value is -3.37. The summed E-state index contributed by atoms with van der Waals surface area (Å²) in [6, 6.07) is 18.3. The van der Waals surface area contributed by atoms with Crippen LogP contribution >= 0.6 is 11.8 Å². The smallest absolute Gasteiger partial charge is 0.223 e. The van der Waals surface area contributed by atoms with Crippen molar-refractivity contribution in [2.45, 2.75) is 11.3 Å². The maximum atomic E-state index is 13.0. The molecule has 0 bridgehead atoms. The van der Waals surface area contributed by atoms with Crippen LogP contribution in [0.2, 0.25) is 0 Å². The second-order valence-electron chi connectivity index (χ2n) is 6.11. The molecule has 2 N–H and O–H groups in total. The van der Waals surface area contributed by atoms with Crippen molar-refractivity contribution in [2.24, 2.45) is 0 Å². The van der Waals surface area contributed by atoms with Crippen molar-refractivity contribution in [3.05, 3.63) is 82.9 Å². The number of fused-ring (bicyclic) bond motifs is 1. The van der Waals surface area contributed by atoms with Crippen LogP contribution in [0.5, 0.6) is 0 Å². The third-order valence-corrected chi connectivity index (χ3v) is 5.29. The van der Waals surface area contributed by atoms with E-state index in [4.69, 9.17) is 0 Å². The quantitative estimate of drug-likeness (QED) is 0.617. The van der Waals surface area contributed by atoms with Crippen molar-refractivity contribution >= 4 is 29.0 Å². The molecule has 0 spiro atoms. The molecular weight excluding hydrogens is 373 g/mol. The van der Waals surface area contributed by atoms with E-state index >= 15 is 0 Å². The molecule has 0 aliphatic carbocycles. The van der Waals surface area contributed by atoms with Crippen molar-refractivity contribution in [3.63, 3.8) is 0 Å². The lowest BCUT2D eigenvalue weighted by Crippen LogP contribution is -2.09. The lowest BCUT2D eigenvalue weighted by atomic mass is 10.1. The first kappa shape index (κ1) is 18.0. The maximum absolute atomic E-state index is 13.0. The van der Waals surface area contributed by atoms with Crippen molar-refractivity contribution in [2.75, 3.05) is 17.2 Å². The molecule has 138 valence electrons. The number of hydrogen-bond acceptors (Lipinski definition) is 6. The summed E-state index contributed by atoms with van der Waals surface area (Å²) in [4.78, 5) is 9.79. The number of hydrogen-bond donors (Lipinski definition) is 2. The lowest BCUT2D eigenvalue weighted by molar-refractivity contribution is 0.627. The first-order valence-corrected chi connectivity index (χ1v) is 9.54. The summed E-state index contributed by atoms with van der Waals surface area (Å²) in [5.74, 6) is 0.207. The van der Waals surface area contributed by atoms with E-state index in [-0.39, 0.29) is 5.82 Å². The van der Waals surface area contributed by atoms with Gasteiger partial charge in [-0.25, -0.2) is 14.4 Å². The van der Waals surface area contributed by atoms with E-state index in [1.807, 2.05) is 24.3 Å². The molecule has 0 fully saturated rings. The van der Waals surface area contributed by atoms with Crippen LogP contribution < -0.4 is 10.6 Å². The molecule has 1 aliphatic heterocycles. The minimum Gasteiger partial charge on any atom is -0.354 e. The Morgan fingerprint density at radius 1 is 1.14 bits per heavy atom. The molecule has 3 aromatic rings. The van der Waals surface area contributed by atoms with Gasteiger partial charge < -0.3 is 10.6 Å². The number of rotatable bonds is 5.